The van der Waals surface area contributed by atoms with Crippen molar-refractivity contribution >= 4 is 26.8 Å². The number of para-hydroxylation sites is 2. The molecular weight excluding hydrogens is 458 g/mol. The highest BCUT2D eigenvalue weighted by Gasteiger charge is 2.42. The van der Waals surface area contributed by atoms with E-state index in [1.54, 1.807) is 4.57 Å². The summed E-state index contributed by atoms with van der Waals surface area (Å²) >= 11 is 0. The molecule has 35 heavy (non-hydrogen) atoms. The number of sulfone groups is 1. The summed E-state index contributed by atoms with van der Waals surface area (Å²) in [7, 11) is -3.29. The minimum atomic E-state index is -3.29. The first kappa shape index (κ1) is 22.0. The van der Waals surface area contributed by atoms with Gasteiger partial charge in [-0.3, -0.25) is 4.79 Å². The van der Waals surface area contributed by atoms with Gasteiger partial charge in [-0.1, -0.05) is 60.7 Å². The minimum absolute atomic E-state index is 0.0410. The Morgan fingerprint density at radius 1 is 0.943 bits per heavy atom. The van der Waals surface area contributed by atoms with Gasteiger partial charge in [0.05, 0.1) is 11.0 Å². The van der Waals surface area contributed by atoms with Crippen molar-refractivity contribution in [2.45, 2.75) is 30.6 Å². The van der Waals surface area contributed by atoms with E-state index in [1.807, 2.05) is 24.3 Å². The van der Waals surface area contributed by atoms with Crippen LogP contribution >= 0.6 is 0 Å². The molecule has 3 aliphatic rings. The third-order valence-electron chi connectivity index (χ3n) is 7.41. The van der Waals surface area contributed by atoms with E-state index in [-0.39, 0.29) is 24.1 Å². The predicted molar refractivity (Wildman–Crippen MR) is 136 cm³/mol. The number of nitrogens with one attached hydrogen (secondary N) is 1. The summed E-state index contributed by atoms with van der Waals surface area (Å²) in [5.41, 5.74) is 7.02. The number of hydrogen-bond acceptors (Lipinski definition) is 4. The second-order valence-corrected chi connectivity index (χ2v) is 11.9. The third-order valence-corrected chi connectivity index (χ3v) is 8.19. The molecule has 7 rings (SSSR count). The van der Waals surface area contributed by atoms with Gasteiger partial charge in [0, 0.05) is 24.6 Å². The number of fused-ring (bicyclic) bond motifs is 2. The van der Waals surface area contributed by atoms with E-state index in [2.05, 4.69) is 58.8 Å². The van der Waals surface area contributed by atoms with Crippen LogP contribution in [0.3, 0.4) is 0 Å². The lowest BCUT2D eigenvalue weighted by Crippen LogP contribution is -2.40. The van der Waals surface area contributed by atoms with Crippen molar-refractivity contribution < 1.29 is 13.2 Å². The van der Waals surface area contributed by atoms with Gasteiger partial charge in [0.2, 0.25) is 5.91 Å². The van der Waals surface area contributed by atoms with E-state index in [4.69, 9.17) is 0 Å². The fourth-order valence-electron chi connectivity index (χ4n) is 6.05. The number of imidazole rings is 1. The van der Waals surface area contributed by atoms with E-state index in [0.29, 0.717) is 29.7 Å². The fourth-order valence-corrected chi connectivity index (χ4v) is 6.74. The zero-order valence-corrected chi connectivity index (χ0v) is 20.3. The van der Waals surface area contributed by atoms with Crippen molar-refractivity contribution in [3.8, 4) is 0 Å². The van der Waals surface area contributed by atoms with Crippen molar-refractivity contribution in [2.24, 2.45) is 5.92 Å². The molecule has 0 aliphatic heterocycles. The first-order valence-electron chi connectivity index (χ1n) is 12.0. The number of amides is 1. The summed E-state index contributed by atoms with van der Waals surface area (Å²) in [5.74, 6) is 0.989. The highest BCUT2D eigenvalue weighted by Crippen LogP contribution is 2.55. The number of rotatable bonds is 6. The van der Waals surface area contributed by atoms with Gasteiger partial charge in [-0.25, -0.2) is 13.4 Å². The van der Waals surface area contributed by atoms with E-state index < -0.39 is 9.84 Å². The molecule has 4 aromatic rings. The summed E-state index contributed by atoms with van der Waals surface area (Å²) in [6, 6.07) is 24.8. The maximum absolute atomic E-state index is 13.1. The highest BCUT2D eigenvalue weighted by atomic mass is 32.2. The average Bonchev–Trinajstić information content (AvgIpc) is 3.18. The van der Waals surface area contributed by atoms with Gasteiger partial charge in [0.25, 0.3) is 0 Å². The normalized spacial score (nSPS) is 20.4. The standard InChI is InChI=1S/C28H27N3O3S/c1-35(33,34)17-26-30-24-12-6-7-13-25(24)31(26)16-27(32)29-15-18-14-23-19-8-2-4-10-21(19)28(18)22-11-5-3-9-20(22)23/h2-13,18,23,28H,14-17H2,1H3,(H,29,32). The Bertz CT molecular complexity index is 1510. The summed E-state index contributed by atoms with van der Waals surface area (Å²) in [5, 5.41) is 3.15. The maximum atomic E-state index is 13.1. The summed E-state index contributed by atoms with van der Waals surface area (Å²) in [6.07, 6.45) is 2.19. The van der Waals surface area contributed by atoms with Crippen molar-refractivity contribution in [3.05, 3.63) is 101 Å². The number of carbonyl (C=O) groups excluding carboxylic acids is 1. The Morgan fingerprint density at radius 3 is 2.20 bits per heavy atom. The van der Waals surface area contributed by atoms with Crippen LogP contribution in [0.1, 0.15) is 46.3 Å². The van der Waals surface area contributed by atoms with Gasteiger partial charge in [0.1, 0.15) is 18.1 Å². The minimum Gasteiger partial charge on any atom is -0.354 e. The van der Waals surface area contributed by atoms with Crippen molar-refractivity contribution in [2.75, 3.05) is 12.8 Å². The molecule has 2 bridgehead atoms. The largest absolute Gasteiger partial charge is 0.354 e. The molecule has 0 fully saturated rings. The fraction of sp³-hybridized carbons (Fsp3) is 0.286. The molecule has 1 heterocycles. The number of aromatic nitrogens is 2. The second-order valence-electron chi connectivity index (χ2n) is 9.76. The van der Waals surface area contributed by atoms with Crippen LogP contribution in [-0.4, -0.2) is 36.7 Å². The molecule has 3 aromatic carbocycles. The zero-order chi connectivity index (χ0) is 24.2. The molecule has 178 valence electrons. The molecule has 1 aromatic heterocycles. The van der Waals surface area contributed by atoms with Gasteiger partial charge in [-0.05, 0) is 46.7 Å². The van der Waals surface area contributed by atoms with Crippen LogP contribution in [0.15, 0.2) is 72.8 Å². The highest BCUT2D eigenvalue weighted by molar-refractivity contribution is 7.89. The molecule has 0 radical (unpaired) electrons. The molecule has 3 aliphatic carbocycles. The molecular formula is C28H27N3O3S. The number of hydrogen-bond donors (Lipinski definition) is 1. The Labute approximate surface area is 204 Å². The topological polar surface area (TPSA) is 81.1 Å². The summed E-state index contributed by atoms with van der Waals surface area (Å²) < 4.78 is 25.7. The van der Waals surface area contributed by atoms with Gasteiger partial charge in [-0.2, -0.15) is 0 Å². The van der Waals surface area contributed by atoms with Crippen LogP contribution in [0.25, 0.3) is 11.0 Å². The molecule has 0 saturated heterocycles. The van der Waals surface area contributed by atoms with Gasteiger partial charge < -0.3 is 9.88 Å². The SMILES string of the molecule is CS(=O)(=O)Cc1nc2ccccc2n1CC(=O)NCC1CC2c3ccccc3C1c1ccccc12. The molecule has 1 N–H and O–H groups in total. The van der Waals surface area contributed by atoms with Crippen LogP contribution in [0.4, 0.5) is 0 Å². The molecule has 7 heteroatoms. The number of nitrogens with zero attached hydrogens (tertiary/aromatic N) is 2. The lowest BCUT2D eigenvalue weighted by atomic mass is 9.59. The smallest absolute Gasteiger partial charge is 0.240 e. The Kier molecular flexibility index (Phi) is 5.25. The molecule has 6 nitrogen and oxygen atoms in total. The second kappa shape index (κ2) is 8.34. The van der Waals surface area contributed by atoms with E-state index in [1.165, 1.54) is 28.5 Å². The zero-order valence-electron chi connectivity index (χ0n) is 19.5. The van der Waals surface area contributed by atoms with Crippen LogP contribution < -0.4 is 5.32 Å². The predicted octanol–water partition coefficient (Wildman–Crippen LogP) is 3.99. The monoisotopic (exact) mass is 485 g/mol. The van der Waals surface area contributed by atoms with Crippen molar-refractivity contribution in [1.82, 2.24) is 14.9 Å². The Hall–Kier alpha value is -3.45. The molecule has 1 amide bonds. The molecule has 1 atom stereocenters. The van der Waals surface area contributed by atoms with Gasteiger partial charge in [0.15, 0.2) is 9.84 Å². The molecule has 0 spiro atoms. The van der Waals surface area contributed by atoms with Gasteiger partial charge >= 0.3 is 0 Å². The summed E-state index contributed by atoms with van der Waals surface area (Å²) in [4.78, 5) is 17.6. The van der Waals surface area contributed by atoms with Crippen LogP contribution in [0.5, 0.6) is 0 Å². The van der Waals surface area contributed by atoms with Crippen molar-refractivity contribution in [3.63, 3.8) is 0 Å². The average molecular weight is 486 g/mol. The first-order valence-corrected chi connectivity index (χ1v) is 14.0. The lowest BCUT2D eigenvalue weighted by molar-refractivity contribution is -0.121. The van der Waals surface area contributed by atoms with E-state index in [0.717, 1.165) is 11.9 Å². The Balaban J connectivity index is 1.24. The molecule has 0 saturated carbocycles. The number of carbonyl (C=O) groups is 1. The molecule has 1 unspecified atom stereocenters. The quantitative estimate of drug-likeness (QED) is 0.448. The first-order chi connectivity index (χ1) is 16.9. The maximum Gasteiger partial charge on any atom is 0.240 e. The summed E-state index contributed by atoms with van der Waals surface area (Å²) in [6.45, 7) is 0.621. The van der Waals surface area contributed by atoms with Crippen molar-refractivity contribution in [1.29, 1.82) is 0 Å². The lowest BCUT2D eigenvalue weighted by Gasteiger charge is -2.45. The number of benzene rings is 3. The van der Waals surface area contributed by atoms with E-state index >= 15 is 0 Å². The third kappa shape index (κ3) is 3.93. The Morgan fingerprint density at radius 2 is 1.54 bits per heavy atom. The van der Waals surface area contributed by atoms with Crippen LogP contribution in [0.2, 0.25) is 0 Å². The van der Waals surface area contributed by atoms with E-state index in [9.17, 15) is 13.2 Å². The van der Waals surface area contributed by atoms with Crippen LogP contribution in [-0.2, 0) is 26.9 Å². The van der Waals surface area contributed by atoms with Gasteiger partial charge in [-0.15, -0.1) is 0 Å². The van der Waals surface area contributed by atoms with Crippen LogP contribution in [0, 0.1) is 5.92 Å².